The lowest BCUT2D eigenvalue weighted by Crippen LogP contribution is -2.30. The molecule has 1 fully saturated rings. The molecule has 2 atom stereocenters. The van der Waals surface area contributed by atoms with E-state index in [4.69, 9.17) is 11.6 Å². The highest BCUT2D eigenvalue weighted by Gasteiger charge is 2.41. The summed E-state index contributed by atoms with van der Waals surface area (Å²) in [5, 5.41) is 12.0. The third kappa shape index (κ3) is 3.06. The third-order valence-corrected chi connectivity index (χ3v) is 6.00. The smallest absolute Gasteiger partial charge is 0.308 e. The highest BCUT2D eigenvalue weighted by atomic mass is 35.5. The average Bonchev–Trinajstić information content (AvgIpc) is 3.13. The van der Waals surface area contributed by atoms with Gasteiger partial charge in [-0.3, -0.25) is 9.59 Å². The number of carboxylic acids is 1. The summed E-state index contributed by atoms with van der Waals surface area (Å²) >= 11 is 7.46. The second-order valence-electron chi connectivity index (χ2n) is 6.14. The van der Waals surface area contributed by atoms with E-state index in [9.17, 15) is 14.7 Å². The van der Waals surface area contributed by atoms with E-state index in [1.165, 1.54) is 0 Å². The number of carbonyl (C=O) groups excluding carboxylic acids is 1. The molecule has 0 aliphatic carbocycles. The molecule has 2 aromatic rings. The number of rotatable bonds is 3. The van der Waals surface area contributed by atoms with Crippen LogP contribution in [0.1, 0.15) is 32.3 Å². The monoisotopic (exact) mass is 363 g/mol. The summed E-state index contributed by atoms with van der Waals surface area (Å²) in [6.07, 6.45) is 0. The highest BCUT2D eigenvalue weighted by molar-refractivity contribution is 7.10. The van der Waals surface area contributed by atoms with Gasteiger partial charge < -0.3 is 10.0 Å². The minimum absolute atomic E-state index is 0.0837. The fraction of sp³-hybridized carbons (Fsp3) is 0.333. The predicted octanol–water partition coefficient (Wildman–Crippen LogP) is 3.96. The second kappa shape index (κ2) is 6.57. The van der Waals surface area contributed by atoms with E-state index in [0.717, 1.165) is 16.0 Å². The summed E-state index contributed by atoms with van der Waals surface area (Å²) in [5.41, 5.74) is 2.56. The lowest BCUT2D eigenvalue weighted by Gasteiger charge is -2.16. The fourth-order valence-corrected chi connectivity index (χ4v) is 4.15. The van der Waals surface area contributed by atoms with E-state index in [2.05, 4.69) is 0 Å². The van der Waals surface area contributed by atoms with Gasteiger partial charge in [0.05, 0.1) is 11.5 Å². The van der Waals surface area contributed by atoms with E-state index in [1.54, 1.807) is 28.4 Å². The number of thiophene rings is 1. The Hall–Kier alpha value is -1.85. The van der Waals surface area contributed by atoms with Crippen LogP contribution >= 0.6 is 22.9 Å². The van der Waals surface area contributed by atoms with Crippen LogP contribution in [-0.4, -0.2) is 35.0 Å². The first kappa shape index (κ1) is 17.0. The molecule has 0 bridgehead atoms. The zero-order valence-electron chi connectivity index (χ0n) is 13.5. The normalized spacial score (nSPS) is 20.4. The summed E-state index contributed by atoms with van der Waals surface area (Å²) in [6, 6.07) is 7.20. The molecule has 1 aromatic heterocycles. The molecule has 0 unspecified atom stereocenters. The highest BCUT2D eigenvalue weighted by Crippen LogP contribution is 2.35. The molecule has 2 heterocycles. The zero-order valence-corrected chi connectivity index (χ0v) is 15.0. The molecule has 4 nitrogen and oxygen atoms in total. The molecule has 1 aliphatic heterocycles. The predicted molar refractivity (Wildman–Crippen MR) is 95.0 cm³/mol. The second-order valence-corrected chi connectivity index (χ2v) is 7.66. The SMILES string of the molecule is Cc1scc(C(=O)N2C[C@@H](C(=O)O)[C@H](c3ccc(Cl)cc3)C2)c1C. The first-order valence-electron chi connectivity index (χ1n) is 7.70. The van der Waals surface area contributed by atoms with E-state index >= 15 is 0 Å². The van der Waals surface area contributed by atoms with Gasteiger partial charge in [-0.15, -0.1) is 11.3 Å². The van der Waals surface area contributed by atoms with Crippen molar-refractivity contribution in [3.8, 4) is 0 Å². The van der Waals surface area contributed by atoms with Gasteiger partial charge in [-0.05, 0) is 37.1 Å². The first-order chi connectivity index (χ1) is 11.4. The summed E-state index contributed by atoms with van der Waals surface area (Å²) < 4.78 is 0. The van der Waals surface area contributed by atoms with Crippen LogP contribution in [-0.2, 0) is 4.79 Å². The summed E-state index contributed by atoms with van der Waals surface area (Å²) in [7, 11) is 0. The van der Waals surface area contributed by atoms with Crippen molar-refractivity contribution in [2.24, 2.45) is 5.92 Å². The number of carbonyl (C=O) groups is 2. The maximum atomic E-state index is 12.8. The van der Waals surface area contributed by atoms with Crippen molar-refractivity contribution in [2.45, 2.75) is 19.8 Å². The van der Waals surface area contributed by atoms with Crippen LogP contribution in [0.25, 0.3) is 0 Å². The number of hydrogen-bond acceptors (Lipinski definition) is 3. The Morgan fingerprint density at radius 1 is 1.21 bits per heavy atom. The number of carboxylic acid groups (broad SMARTS) is 1. The summed E-state index contributed by atoms with van der Waals surface area (Å²) in [6.45, 7) is 4.55. The number of amides is 1. The number of benzene rings is 1. The minimum Gasteiger partial charge on any atom is -0.481 e. The van der Waals surface area contributed by atoms with Gasteiger partial charge in [0.25, 0.3) is 5.91 Å². The Labute approximate surface area is 149 Å². The van der Waals surface area contributed by atoms with Crippen LogP contribution in [0.3, 0.4) is 0 Å². The van der Waals surface area contributed by atoms with Crippen LogP contribution in [0, 0.1) is 19.8 Å². The Kier molecular flexibility index (Phi) is 4.65. The van der Waals surface area contributed by atoms with Crippen molar-refractivity contribution in [3.63, 3.8) is 0 Å². The van der Waals surface area contributed by atoms with Crippen molar-refractivity contribution in [1.82, 2.24) is 4.90 Å². The molecule has 3 rings (SSSR count). The van der Waals surface area contributed by atoms with Crippen molar-refractivity contribution < 1.29 is 14.7 Å². The molecule has 6 heteroatoms. The molecule has 1 saturated heterocycles. The Morgan fingerprint density at radius 2 is 1.88 bits per heavy atom. The molecule has 1 aromatic carbocycles. The van der Waals surface area contributed by atoms with Gasteiger partial charge in [0, 0.05) is 34.3 Å². The van der Waals surface area contributed by atoms with Gasteiger partial charge in [-0.25, -0.2) is 0 Å². The largest absolute Gasteiger partial charge is 0.481 e. The van der Waals surface area contributed by atoms with Crippen LogP contribution in [0.2, 0.25) is 5.02 Å². The van der Waals surface area contributed by atoms with Crippen molar-refractivity contribution >= 4 is 34.8 Å². The standard InChI is InChI=1S/C18H18ClNO3S/c1-10-11(2)24-9-16(10)17(21)20-7-14(15(8-20)18(22)23)12-3-5-13(19)6-4-12/h3-6,9,14-15H,7-8H2,1-2H3,(H,22,23)/t14-,15+/m0/s1. The van der Waals surface area contributed by atoms with E-state index < -0.39 is 11.9 Å². The zero-order chi connectivity index (χ0) is 17.4. The maximum absolute atomic E-state index is 12.8. The molecule has 126 valence electrons. The van der Waals surface area contributed by atoms with E-state index in [-0.39, 0.29) is 18.4 Å². The van der Waals surface area contributed by atoms with Crippen molar-refractivity contribution in [2.75, 3.05) is 13.1 Å². The molecular weight excluding hydrogens is 346 g/mol. The third-order valence-electron chi connectivity index (χ3n) is 4.74. The van der Waals surface area contributed by atoms with Gasteiger partial charge in [-0.1, -0.05) is 23.7 Å². The number of likely N-dealkylation sites (tertiary alicyclic amines) is 1. The van der Waals surface area contributed by atoms with Crippen LogP contribution < -0.4 is 0 Å². The van der Waals surface area contributed by atoms with Gasteiger partial charge in [0.1, 0.15) is 0 Å². The van der Waals surface area contributed by atoms with Gasteiger partial charge in [0.2, 0.25) is 0 Å². The lowest BCUT2D eigenvalue weighted by molar-refractivity contribution is -0.141. The molecule has 0 spiro atoms. The van der Waals surface area contributed by atoms with Gasteiger partial charge in [-0.2, -0.15) is 0 Å². The Morgan fingerprint density at radius 3 is 2.42 bits per heavy atom. The first-order valence-corrected chi connectivity index (χ1v) is 8.96. The molecular formula is C18H18ClNO3S. The van der Waals surface area contributed by atoms with E-state index in [0.29, 0.717) is 17.1 Å². The molecule has 0 saturated carbocycles. The summed E-state index contributed by atoms with van der Waals surface area (Å²) in [4.78, 5) is 27.2. The van der Waals surface area contributed by atoms with Gasteiger partial charge >= 0.3 is 5.97 Å². The minimum atomic E-state index is -0.872. The molecule has 1 aliphatic rings. The topological polar surface area (TPSA) is 57.6 Å². The quantitative estimate of drug-likeness (QED) is 0.898. The Balaban J connectivity index is 1.87. The van der Waals surface area contributed by atoms with Crippen LogP contribution in [0.15, 0.2) is 29.6 Å². The average molecular weight is 364 g/mol. The van der Waals surface area contributed by atoms with Crippen molar-refractivity contribution in [3.05, 3.63) is 56.2 Å². The molecule has 1 N–H and O–H groups in total. The van der Waals surface area contributed by atoms with Crippen molar-refractivity contribution in [1.29, 1.82) is 0 Å². The fourth-order valence-electron chi connectivity index (χ4n) is 3.16. The van der Waals surface area contributed by atoms with Crippen LogP contribution in [0.5, 0.6) is 0 Å². The molecule has 1 amide bonds. The molecule has 0 radical (unpaired) electrons. The van der Waals surface area contributed by atoms with E-state index in [1.807, 2.05) is 31.4 Å². The molecule has 24 heavy (non-hydrogen) atoms. The van der Waals surface area contributed by atoms with Gasteiger partial charge in [0.15, 0.2) is 0 Å². The lowest BCUT2D eigenvalue weighted by atomic mass is 9.89. The number of halogens is 1. The summed E-state index contributed by atoms with van der Waals surface area (Å²) in [5.74, 6) is -1.78. The Bertz CT molecular complexity index is 784. The van der Waals surface area contributed by atoms with Crippen LogP contribution in [0.4, 0.5) is 0 Å². The maximum Gasteiger partial charge on any atom is 0.308 e. The number of hydrogen-bond donors (Lipinski definition) is 1. The number of aryl methyl sites for hydroxylation is 1. The number of nitrogens with zero attached hydrogens (tertiary/aromatic N) is 1. The number of aliphatic carboxylic acids is 1.